The number of hydrogen-bond donors (Lipinski definition) is 2. The van der Waals surface area contributed by atoms with E-state index in [2.05, 4.69) is 20.6 Å². The van der Waals surface area contributed by atoms with Crippen LogP contribution in [-0.2, 0) is 13.1 Å². The third kappa shape index (κ3) is 4.78. The summed E-state index contributed by atoms with van der Waals surface area (Å²) < 4.78 is 0. The summed E-state index contributed by atoms with van der Waals surface area (Å²) in [5, 5.41) is 6.81. The summed E-state index contributed by atoms with van der Waals surface area (Å²) in [6.07, 6.45) is 4.99. The molecule has 0 fully saturated rings. The molecule has 0 atom stereocenters. The second-order valence-corrected chi connectivity index (χ2v) is 5.82. The van der Waals surface area contributed by atoms with Crippen molar-refractivity contribution in [3.05, 3.63) is 89.0 Å². The van der Waals surface area contributed by atoms with E-state index in [0.717, 1.165) is 16.8 Å². The molecule has 1 amide bonds. The zero-order valence-electron chi connectivity index (χ0n) is 13.4. The first kappa shape index (κ1) is 16.9. The van der Waals surface area contributed by atoms with Gasteiger partial charge in [0.05, 0.1) is 0 Å². The van der Waals surface area contributed by atoms with E-state index in [1.807, 2.05) is 42.5 Å². The lowest BCUT2D eigenvalue weighted by Crippen LogP contribution is -2.23. The Kier molecular flexibility index (Phi) is 5.59. The summed E-state index contributed by atoms with van der Waals surface area (Å²) in [6.45, 7) is 1.00. The minimum Gasteiger partial charge on any atom is -0.381 e. The fourth-order valence-electron chi connectivity index (χ4n) is 2.28. The maximum absolute atomic E-state index is 12.3. The molecule has 2 aromatic heterocycles. The van der Waals surface area contributed by atoms with Crippen LogP contribution in [0.15, 0.2) is 67.1 Å². The van der Waals surface area contributed by atoms with Crippen LogP contribution in [0.1, 0.15) is 21.6 Å². The molecule has 0 spiro atoms. The van der Waals surface area contributed by atoms with Crippen LogP contribution in [0.5, 0.6) is 0 Å². The fourth-order valence-corrected chi connectivity index (χ4v) is 2.48. The molecule has 0 bridgehead atoms. The molecule has 3 aromatic rings. The highest BCUT2D eigenvalue weighted by Gasteiger charge is 2.08. The molecule has 0 radical (unpaired) electrons. The van der Waals surface area contributed by atoms with Crippen molar-refractivity contribution in [1.82, 2.24) is 15.3 Å². The predicted molar refractivity (Wildman–Crippen MR) is 98.4 cm³/mol. The molecule has 0 aliphatic rings. The molecule has 0 aliphatic heterocycles. The van der Waals surface area contributed by atoms with Crippen LogP contribution in [0.4, 0.5) is 5.69 Å². The van der Waals surface area contributed by atoms with Crippen LogP contribution in [-0.4, -0.2) is 15.9 Å². The molecule has 25 heavy (non-hydrogen) atoms. The maximum Gasteiger partial charge on any atom is 0.270 e. The van der Waals surface area contributed by atoms with Gasteiger partial charge in [-0.15, -0.1) is 0 Å². The highest BCUT2D eigenvalue weighted by molar-refractivity contribution is 6.31. The van der Waals surface area contributed by atoms with Crippen LogP contribution < -0.4 is 10.6 Å². The van der Waals surface area contributed by atoms with Crippen molar-refractivity contribution in [2.45, 2.75) is 13.1 Å². The molecule has 1 aromatic carbocycles. The molecular formula is C19H17ClN4O. The van der Waals surface area contributed by atoms with E-state index in [1.54, 1.807) is 24.7 Å². The van der Waals surface area contributed by atoms with Gasteiger partial charge in [-0.3, -0.25) is 14.8 Å². The number of pyridine rings is 2. The van der Waals surface area contributed by atoms with Crippen LogP contribution in [0.25, 0.3) is 0 Å². The predicted octanol–water partition coefficient (Wildman–Crippen LogP) is 3.67. The average Bonchev–Trinajstić information content (AvgIpc) is 2.66. The van der Waals surface area contributed by atoms with Crippen molar-refractivity contribution in [2.24, 2.45) is 0 Å². The van der Waals surface area contributed by atoms with Gasteiger partial charge in [0, 0.05) is 42.4 Å². The molecular weight excluding hydrogens is 336 g/mol. The number of carbonyl (C=O) groups is 1. The first-order valence-electron chi connectivity index (χ1n) is 7.83. The Labute approximate surface area is 151 Å². The van der Waals surface area contributed by atoms with Gasteiger partial charge in [0.25, 0.3) is 5.91 Å². The Morgan fingerprint density at radius 2 is 1.80 bits per heavy atom. The Hall–Kier alpha value is -2.92. The Morgan fingerprint density at radius 1 is 1.00 bits per heavy atom. The third-order valence-corrected chi connectivity index (χ3v) is 4.00. The number of nitrogens with one attached hydrogen (secondary N) is 2. The molecule has 2 N–H and O–H groups in total. The van der Waals surface area contributed by atoms with E-state index in [9.17, 15) is 4.79 Å². The van der Waals surface area contributed by atoms with E-state index in [-0.39, 0.29) is 5.91 Å². The van der Waals surface area contributed by atoms with Crippen LogP contribution in [0, 0.1) is 0 Å². The van der Waals surface area contributed by atoms with Gasteiger partial charge in [0.2, 0.25) is 0 Å². The fraction of sp³-hybridized carbons (Fsp3) is 0.105. The van der Waals surface area contributed by atoms with Crippen LogP contribution >= 0.6 is 11.6 Å². The van der Waals surface area contributed by atoms with Gasteiger partial charge in [-0.2, -0.15) is 0 Å². The number of aromatic nitrogens is 2. The van der Waals surface area contributed by atoms with Crippen molar-refractivity contribution < 1.29 is 4.79 Å². The summed E-state index contributed by atoms with van der Waals surface area (Å²) in [5.74, 6) is -0.224. The zero-order chi connectivity index (χ0) is 17.5. The number of benzene rings is 1. The van der Waals surface area contributed by atoms with E-state index < -0.39 is 0 Å². The van der Waals surface area contributed by atoms with E-state index in [1.165, 1.54) is 0 Å². The first-order valence-corrected chi connectivity index (χ1v) is 8.20. The normalized spacial score (nSPS) is 10.3. The quantitative estimate of drug-likeness (QED) is 0.710. The van der Waals surface area contributed by atoms with Gasteiger partial charge in [0.15, 0.2) is 0 Å². The highest BCUT2D eigenvalue weighted by atomic mass is 35.5. The van der Waals surface area contributed by atoms with E-state index in [0.29, 0.717) is 23.8 Å². The van der Waals surface area contributed by atoms with Gasteiger partial charge in [-0.1, -0.05) is 29.8 Å². The minimum atomic E-state index is -0.224. The second kappa shape index (κ2) is 8.26. The van der Waals surface area contributed by atoms with E-state index >= 15 is 0 Å². The molecule has 126 valence electrons. The maximum atomic E-state index is 12.3. The number of nitrogens with zero attached hydrogens (tertiary/aromatic N) is 2. The van der Waals surface area contributed by atoms with Crippen molar-refractivity contribution in [2.75, 3.05) is 5.32 Å². The van der Waals surface area contributed by atoms with Crippen molar-refractivity contribution in [3.8, 4) is 0 Å². The lowest BCUT2D eigenvalue weighted by molar-refractivity contribution is 0.0946. The largest absolute Gasteiger partial charge is 0.381 e. The average molecular weight is 353 g/mol. The summed E-state index contributed by atoms with van der Waals surface area (Å²) >= 11 is 6.15. The Bertz CT molecular complexity index is 855. The molecule has 0 saturated heterocycles. The summed E-state index contributed by atoms with van der Waals surface area (Å²) in [5.41, 5.74) is 3.14. The first-order chi connectivity index (χ1) is 12.2. The molecule has 3 rings (SSSR count). The molecule has 0 unspecified atom stereocenters. The van der Waals surface area contributed by atoms with Crippen LogP contribution in [0.2, 0.25) is 5.02 Å². The SMILES string of the molecule is O=C(NCc1ccncc1)c1cc(NCc2ccccc2Cl)ccn1. The number of hydrogen-bond acceptors (Lipinski definition) is 4. The topological polar surface area (TPSA) is 66.9 Å². The van der Waals surface area contributed by atoms with Crippen molar-refractivity contribution in [1.29, 1.82) is 0 Å². The lowest BCUT2D eigenvalue weighted by atomic mass is 10.2. The lowest BCUT2D eigenvalue weighted by Gasteiger charge is -2.09. The van der Waals surface area contributed by atoms with Gasteiger partial charge in [-0.05, 0) is 41.5 Å². The van der Waals surface area contributed by atoms with Crippen molar-refractivity contribution >= 4 is 23.2 Å². The van der Waals surface area contributed by atoms with Crippen LogP contribution in [0.3, 0.4) is 0 Å². The Balaban J connectivity index is 1.61. The summed E-state index contributed by atoms with van der Waals surface area (Å²) in [6, 6.07) is 14.9. The zero-order valence-corrected chi connectivity index (χ0v) is 14.2. The van der Waals surface area contributed by atoms with E-state index in [4.69, 9.17) is 11.6 Å². The van der Waals surface area contributed by atoms with Gasteiger partial charge >= 0.3 is 0 Å². The molecule has 6 heteroatoms. The smallest absolute Gasteiger partial charge is 0.270 e. The number of amides is 1. The number of halogens is 1. The molecule has 2 heterocycles. The van der Waals surface area contributed by atoms with Gasteiger partial charge < -0.3 is 10.6 Å². The number of rotatable bonds is 6. The molecule has 0 aliphatic carbocycles. The van der Waals surface area contributed by atoms with Gasteiger partial charge in [0.1, 0.15) is 5.69 Å². The standard InChI is InChI=1S/C19H17ClN4O/c20-17-4-2-1-3-15(17)13-23-16-7-10-22-18(11-16)19(25)24-12-14-5-8-21-9-6-14/h1-11H,12-13H2,(H,22,23)(H,24,25). The second-order valence-electron chi connectivity index (χ2n) is 5.41. The third-order valence-electron chi connectivity index (χ3n) is 3.64. The number of carbonyl (C=O) groups excluding carboxylic acids is 1. The number of anilines is 1. The summed E-state index contributed by atoms with van der Waals surface area (Å²) in [7, 11) is 0. The van der Waals surface area contributed by atoms with Gasteiger partial charge in [-0.25, -0.2) is 0 Å². The minimum absolute atomic E-state index is 0.224. The van der Waals surface area contributed by atoms with Crippen molar-refractivity contribution in [3.63, 3.8) is 0 Å². The molecule has 5 nitrogen and oxygen atoms in total. The highest BCUT2D eigenvalue weighted by Crippen LogP contribution is 2.17. The molecule has 0 saturated carbocycles. The Morgan fingerprint density at radius 3 is 2.60 bits per heavy atom. The monoisotopic (exact) mass is 352 g/mol. The summed E-state index contributed by atoms with van der Waals surface area (Å²) in [4.78, 5) is 20.3.